The van der Waals surface area contributed by atoms with E-state index in [4.69, 9.17) is 9.85 Å². The molecule has 1 fully saturated rings. The first kappa shape index (κ1) is 16.1. The monoisotopic (exact) mass is 382 g/mol. The van der Waals surface area contributed by atoms with Crippen LogP contribution in [0, 0.1) is 11.7 Å². The summed E-state index contributed by atoms with van der Waals surface area (Å²) in [6.45, 7) is -0.823. The third-order valence-electron chi connectivity index (χ3n) is 3.60. The number of ether oxygens (including phenoxy) is 2. The average Bonchev–Trinajstić information content (AvgIpc) is 2.79. The van der Waals surface area contributed by atoms with Gasteiger partial charge < -0.3 is 25.4 Å². The van der Waals surface area contributed by atoms with Crippen LogP contribution in [0.3, 0.4) is 0 Å². The maximum Gasteiger partial charge on any atom is 0.330 e. The second-order valence-electron chi connectivity index (χ2n) is 5.87. The zero-order valence-corrected chi connectivity index (χ0v) is 13.6. The largest absolute Gasteiger partial charge is 0.458 e. The Morgan fingerprint density at radius 3 is 2.81 bits per heavy atom. The Balaban J connectivity index is 2.48. The third-order valence-corrected chi connectivity index (χ3v) is 3.60. The van der Waals surface area contributed by atoms with Crippen LogP contribution in [0.1, 0.15) is 24.2 Å². The molecule has 0 saturated carbocycles. The van der Waals surface area contributed by atoms with Crippen molar-refractivity contribution in [2.75, 3.05) is 6.56 Å². The SMILES string of the molecule is [2H]C([2H])(OC(=O)[C@@H](N)C(C)C)[C@@]1(F)O[C@@]([2H])(n2cc(F)c(=O)[nH]c2=O)[C@H](O)[C@@H]1O. The smallest absolute Gasteiger partial charge is 0.330 e. The Bertz CT molecular complexity index is 926. The standard InChI is InChI=1S/C14H19F2N3O7/c1-5(2)7(17)12(23)25-4-14(16)9(21)8(20)11(26-14)19-3-6(15)10(22)18-13(19)24/h3,5,7-9,11,20-21H,4,17H2,1-2H3,(H,18,22,24)/t7-,8+,9-,11+,14+/m0/s1/i4D2,11D. The fraction of sp³-hybridized carbons (Fsp3) is 0.643. The zero-order chi connectivity index (χ0) is 22.5. The number of hydrogen-bond acceptors (Lipinski definition) is 8. The van der Waals surface area contributed by atoms with Crippen LogP contribution in [-0.2, 0) is 14.3 Å². The third kappa shape index (κ3) is 3.67. The normalized spacial score (nSPS) is 34.8. The van der Waals surface area contributed by atoms with Crippen molar-refractivity contribution in [2.24, 2.45) is 11.7 Å². The molecule has 5 atom stereocenters. The number of aliphatic hydroxyl groups is 2. The maximum absolute atomic E-state index is 15.3. The van der Waals surface area contributed by atoms with Gasteiger partial charge in [0.2, 0.25) is 5.82 Å². The van der Waals surface area contributed by atoms with Gasteiger partial charge in [-0.2, -0.15) is 4.39 Å². The van der Waals surface area contributed by atoms with Gasteiger partial charge in [-0.25, -0.2) is 9.18 Å². The van der Waals surface area contributed by atoms with E-state index in [0.29, 0.717) is 0 Å². The van der Waals surface area contributed by atoms with Crippen LogP contribution in [0.25, 0.3) is 0 Å². The van der Waals surface area contributed by atoms with Crippen molar-refractivity contribution in [1.82, 2.24) is 9.55 Å². The van der Waals surface area contributed by atoms with Gasteiger partial charge in [0.1, 0.15) is 18.2 Å². The number of rotatable bonds is 5. The zero-order valence-electron chi connectivity index (χ0n) is 16.6. The van der Waals surface area contributed by atoms with Crippen molar-refractivity contribution in [3.05, 3.63) is 32.9 Å². The van der Waals surface area contributed by atoms with E-state index in [9.17, 15) is 29.0 Å². The van der Waals surface area contributed by atoms with Gasteiger partial charge in [0.05, 0.1) is 10.3 Å². The molecule has 0 amide bonds. The summed E-state index contributed by atoms with van der Waals surface area (Å²) in [6, 6.07) is -1.38. The predicted molar refractivity (Wildman–Crippen MR) is 81.0 cm³/mol. The van der Waals surface area contributed by atoms with E-state index in [2.05, 4.69) is 9.47 Å². The molecular formula is C14H19F2N3O7. The molecule has 2 rings (SSSR count). The number of nitrogens with zero attached hydrogens (tertiary/aromatic N) is 1. The Morgan fingerprint density at radius 2 is 2.23 bits per heavy atom. The summed E-state index contributed by atoms with van der Waals surface area (Å²) < 4.78 is 61.0. The number of nitrogens with two attached hydrogens (primary N) is 1. The summed E-state index contributed by atoms with van der Waals surface area (Å²) in [5.74, 6) is -7.64. The Hall–Kier alpha value is -2.15. The lowest BCUT2D eigenvalue weighted by molar-refractivity contribution is -0.217. The van der Waals surface area contributed by atoms with Gasteiger partial charge in [-0.15, -0.1) is 0 Å². The van der Waals surface area contributed by atoms with Crippen LogP contribution in [0.2, 0.25) is 0 Å². The molecule has 12 heteroatoms. The Morgan fingerprint density at radius 1 is 1.62 bits per heavy atom. The van der Waals surface area contributed by atoms with E-state index < -0.39 is 65.8 Å². The number of hydrogen-bond donors (Lipinski definition) is 4. The van der Waals surface area contributed by atoms with Gasteiger partial charge in [-0.3, -0.25) is 19.1 Å². The molecule has 1 aliphatic rings. The van der Waals surface area contributed by atoms with E-state index in [1.54, 1.807) is 0 Å². The molecule has 0 aromatic carbocycles. The van der Waals surface area contributed by atoms with Crippen LogP contribution in [-0.4, -0.2) is 56.4 Å². The molecular weight excluding hydrogens is 360 g/mol. The Kier molecular flexibility index (Phi) is 4.46. The lowest BCUT2D eigenvalue weighted by atomic mass is 10.1. The molecule has 1 aromatic heterocycles. The van der Waals surface area contributed by atoms with Crippen molar-refractivity contribution in [3.8, 4) is 0 Å². The molecule has 2 heterocycles. The molecule has 0 radical (unpaired) electrons. The first-order valence-electron chi connectivity index (χ1n) is 8.84. The summed E-state index contributed by atoms with van der Waals surface area (Å²) in [7, 11) is 0. The van der Waals surface area contributed by atoms with Gasteiger partial charge in [-0.1, -0.05) is 13.8 Å². The van der Waals surface area contributed by atoms with Crippen molar-refractivity contribution < 1.29 is 37.4 Å². The van der Waals surface area contributed by atoms with Crippen molar-refractivity contribution in [3.63, 3.8) is 0 Å². The fourth-order valence-electron chi connectivity index (χ4n) is 1.96. The Labute approximate surface area is 149 Å². The van der Waals surface area contributed by atoms with Crippen molar-refractivity contribution >= 4 is 5.97 Å². The van der Waals surface area contributed by atoms with E-state index >= 15 is 4.39 Å². The molecule has 0 spiro atoms. The summed E-state index contributed by atoms with van der Waals surface area (Å²) in [6.07, 6.45) is -8.79. The average molecular weight is 382 g/mol. The maximum atomic E-state index is 15.3. The molecule has 1 saturated heterocycles. The molecule has 0 unspecified atom stereocenters. The number of aliphatic hydroxyl groups excluding tert-OH is 2. The van der Waals surface area contributed by atoms with E-state index in [1.807, 2.05) is 0 Å². The molecule has 10 nitrogen and oxygen atoms in total. The highest BCUT2D eigenvalue weighted by atomic mass is 19.2. The summed E-state index contributed by atoms with van der Waals surface area (Å²) in [4.78, 5) is 36.3. The van der Waals surface area contributed by atoms with Crippen LogP contribution in [0.4, 0.5) is 8.78 Å². The van der Waals surface area contributed by atoms with Gasteiger partial charge >= 0.3 is 11.7 Å². The van der Waals surface area contributed by atoms with Gasteiger partial charge in [0.15, 0.2) is 12.8 Å². The van der Waals surface area contributed by atoms with Crippen molar-refractivity contribution in [1.29, 1.82) is 0 Å². The second kappa shape index (κ2) is 7.23. The van der Waals surface area contributed by atoms with Crippen LogP contribution in [0.5, 0.6) is 0 Å². The molecule has 0 bridgehead atoms. The molecule has 0 aliphatic carbocycles. The van der Waals surface area contributed by atoms with Crippen LogP contribution >= 0.6 is 0 Å². The lowest BCUT2D eigenvalue weighted by Gasteiger charge is -2.24. The quantitative estimate of drug-likeness (QED) is 0.431. The molecule has 26 heavy (non-hydrogen) atoms. The molecule has 1 aliphatic heterocycles. The van der Waals surface area contributed by atoms with Crippen molar-refractivity contribution in [2.45, 2.75) is 44.2 Å². The minimum Gasteiger partial charge on any atom is -0.458 e. The highest BCUT2D eigenvalue weighted by Gasteiger charge is 2.57. The van der Waals surface area contributed by atoms with E-state index in [0.717, 1.165) is 0 Å². The first-order chi connectivity index (χ1) is 13.1. The number of aromatic amines is 1. The lowest BCUT2D eigenvalue weighted by Crippen LogP contribution is -2.46. The van der Waals surface area contributed by atoms with Gasteiger partial charge in [0.25, 0.3) is 11.4 Å². The fourth-order valence-corrected chi connectivity index (χ4v) is 1.96. The molecule has 1 aromatic rings. The number of H-pyrrole nitrogens is 1. The minimum atomic E-state index is -4.08. The van der Waals surface area contributed by atoms with Crippen LogP contribution < -0.4 is 17.0 Å². The minimum absolute atomic E-state index is 0.100. The summed E-state index contributed by atoms with van der Waals surface area (Å²) >= 11 is 0. The topological polar surface area (TPSA) is 157 Å². The predicted octanol–water partition coefficient (Wildman–Crippen LogP) is -1.88. The van der Waals surface area contributed by atoms with E-state index in [-0.39, 0.29) is 10.8 Å². The van der Waals surface area contributed by atoms with Crippen LogP contribution in [0.15, 0.2) is 15.8 Å². The number of carbonyl (C=O) groups excluding carboxylic acids is 1. The number of nitrogens with one attached hydrogen (secondary N) is 1. The number of aromatic nitrogens is 2. The summed E-state index contributed by atoms with van der Waals surface area (Å²) in [5, 5.41) is 20.1. The first-order valence-corrected chi connectivity index (χ1v) is 7.34. The molecule has 146 valence electrons. The molecule has 5 N–H and O–H groups in total. The highest BCUT2D eigenvalue weighted by Crippen LogP contribution is 2.38. The summed E-state index contributed by atoms with van der Waals surface area (Å²) in [5.41, 5.74) is 2.48. The number of alkyl halides is 1. The van der Waals surface area contributed by atoms with Gasteiger partial charge in [-0.05, 0) is 5.92 Å². The second-order valence-corrected chi connectivity index (χ2v) is 5.87. The van der Waals surface area contributed by atoms with E-state index in [1.165, 1.54) is 18.8 Å². The highest BCUT2D eigenvalue weighted by molar-refractivity contribution is 5.75. The number of esters is 1. The number of carbonyl (C=O) groups is 1. The number of halogens is 2. The van der Waals surface area contributed by atoms with Gasteiger partial charge in [0, 0.05) is 0 Å².